The molecule has 0 atom stereocenters. The zero-order valence-electron chi connectivity index (χ0n) is 11.8. The number of unbranched alkanes of at least 4 members (excludes halogenated alkanes) is 1. The molecule has 3 heteroatoms. The lowest BCUT2D eigenvalue weighted by Gasteiger charge is -2.02. The molecule has 0 amide bonds. The summed E-state index contributed by atoms with van der Waals surface area (Å²) in [5.74, 6) is 0. The third-order valence-corrected chi connectivity index (χ3v) is 4.18. The van der Waals surface area contributed by atoms with Crippen LogP contribution in [0.1, 0.15) is 36.6 Å². The van der Waals surface area contributed by atoms with Crippen molar-refractivity contribution in [2.24, 2.45) is 0 Å². The molecular formula is C16H22N2S. The smallest absolute Gasteiger partial charge is 0.0935 e. The molecule has 0 fully saturated rings. The fraction of sp³-hybridized carbons (Fsp3) is 0.438. The van der Waals surface area contributed by atoms with Gasteiger partial charge < -0.3 is 5.32 Å². The Kier molecular flexibility index (Phi) is 5.55. The van der Waals surface area contributed by atoms with Crippen LogP contribution in [0.2, 0.25) is 0 Å². The lowest BCUT2D eigenvalue weighted by atomic mass is 10.1. The molecule has 1 aromatic heterocycles. The maximum absolute atomic E-state index is 4.85. The fourth-order valence-electron chi connectivity index (χ4n) is 2.02. The highest BCUT2D eigenvalue weighted by molar-refractivity contribution is 7.12. The van der Waals surface area contributed by atoms with Crippen LogP contribution >= 0.6 is 11.3 Å². The van der Waals surface area contributed by atoms with Gasteiger partial charge in [-0.15, -0.1) is 11.3 Å². The Bertz CT molecular complexity index is 491. The van der Waals surface area contributed by atoms with Crippen LogP contribution in [0.5, 0.6) is 0 Å². The topological polar surface area (TPSA) is 24.9 Å². The number of rotatable bonds is 7. The van der Waals surface area contributed by atoms with Crippen molar-refractivity contribution in [2.45, 2.75) is 39.7 Å². The van der Waals surface area contributed by atoms with Crippen molar-refractivity contribution in [2.75, 3.05) is 6.54 Å². The summed E-state index contributed by atoms with van der Waals surface area (Å²) in [5.41, 5.74) is 2.40. The second kappa shape index (κ2) is 7.41. The molecule has 0 aliphatic rings. The highest BCUT2D eigenvalue weighted by atomic mass is 32.1. The number of nitrogens with zero attached hydrogens (tertiary/aromatic N) is 1. The first-order valence-corrected chi connectivity index (χ1v) is 7.91. The predicted molar refractivity (Wildman–Crippen MR) is 83.5 cm³/mol. The van der Waals surface area contributed by atoms with Gasteiger partial charge >= 0.3 is 0 Å². The normalized spacial score (nSPS) is 10.8. The van der Waals surface area contributed by atoms with Crippen molar-refractivity contribution in [3.63, 3.8) is 0 Å². The first-order valence-electron chi connectivity index (χ1n) is 7.09. The van der Waals surface area contributed by atoms with Gasteiger partial charge in [-0.1, -0.05) is 50.6 Å². The molecule has 0 saturated heterocycles. The highest BCUT2D eigenvalue weighted by Gasteiger charge is 2.12. The van der Waals surface area contributed by atoms with Crippen molar-refractivity contribution in [3.8, 4) is 11.3 Å². The second-order valence-electron chi connectivity index (χ2n) is 4.63. The standard InChI is InChI=1S/C16H22N2S/c1-3-5-11-15-18-16(13-9-7-6-8-10-13)14(19-15)12-17-4-2/h6-10,17H,3-5,11-12H2,1-2H3. The minimum absolute atomic E-state index is 0.921. The van der Waals surface area contributed by atoms with Crippen LogP contribution in [0.3, 0.4) is 0 Å². The van der Waals surface area contributed by atoms with Crippen LogP contribution in [0.25, 0.3) is 11.3 Å². The van der Waals surface area contributed by atoms with Crippen LogP contribution < -0.4 is 5.32 Å². The number of hydrogen-bond acceptors (Lipinski definition) is 3. The quantitative estimate of drug-likeness (QED) is 0.816. The van der Waals surface area contributed by atoms with Gasteiger partial charge in [-0.25, -0.2) is 4.98 Å². The van der Waals surface area contributed by atoms with E-state index in [-0.39, 0.29) is 0 Å². The molecule has 2 aromatic rings. The number of benzene rings is 1. The van der Waals surface area contributed by atoms with Crippen LogP contribution in [0.15, 0.2) is 30.3 Å². The van der Waals surface area contributed by atoms with Gasteiger partial charge in [0.25, 0.3) is 0 Å². The van der Waals surface area contributed by atoms with E-state index in [0.29, 0.717) is 0 Å². The predicted octanol–water partition coefficient (Wildman–Crippen LogP) is 4.26. The van der Waals surface area contributed by atoms with E-state index in [1.807, 2.05) is 11.3 Å². The van der Waals surface area contributed by atoms with E-state index in [1.54, 1.807) is 0 Å². The average molecular weight is 274 g/mol. The fourth-order valence-corrected chi connectivity index (χ4v) is 3.12. The van der Waals surface area contributed by atoms with Gasteiger partial charge in [-0.05, 0) is 19.4 Å². The minimum atomic E-state index is 0.921. The van der Waals surface area contributed by atoms with Gasteiger partial charge in [-0.3, -0.25) is 0 Å². The van der Waals surface area contributed by atoms with E-state index in [0.717, 1.165) is 25.2 Å². The van der Waals surface area contributed by atoms with Crippen molar-refractivity contribution < 1.29 is 0 Å². The number of aryl methyl sites for hydroxylation is 1. The Morgan fingerprint density at radius 2 is 1.95 bits per heavy atom. The first-order chi connectivity index (χ1) is 9.35. The van der Waals surface area contributed by atoms with Crippen LogP contribution in [0, 0.1) is 0 Å². The summed E-state index contributed by atoms with van der Waals surface area (Å²) in [4.78, 5) is 6.21. The number of thiazole rings is 1. The maximum atomic E-state index is 4.85. The Morgan fingerprint density at radius 1 is 1.16 bits per heavy atom. The van der Waals surface area contributed by atoms with Gasteiger partial charge in [-0.2, -0.15) is 0 Å². The number of hydrogen-bond donors (Lipinski definition) is 1. The van der Waals surface area contributed by atoms with Crippen molar-refractivity contribution in [3.05, 3.63) is 40.2 Å². The number of aromatic nitrogens is 1. The molecule has 0 aliphatic carbocycles. The summed E-state index contributed by atoms with van der Waals surface area (Å²) in [7, 11) is 0. The molecule has 0 spiro atoms. The molecular weight excluding hydrogens is 252 g/mol. The van der Waals surface area contributed by atoms with E-state index >= 15 is 0 Å². The molecule has 19 heavy (non-hydrogen) atoms. The zero-order chi connectivity index (χ0) is 13.5. The Balaban J connectivity index is 2.25. The minimum Gasteiger partial charge on any atom is -0.312 e. The number of nitrogens with one attached hydrogen (secondary N) is 1. The maximum Gasteiger partial charge on any atom is 0.0935 e. The van der Waals surface area contributed by atoms with Crippen LogP contribution in [-0.4, -0.2) is 11.5 Å². The molecule has 102 valence electrons. The summed E-state index contributed by atoms with van der Waals surface area (Å²) in [5, 5.41) is 4.69. The summed E-state index contributed by atoms with van der Waals surface area (Å²) < 4.78 is 0. The third kappa shape index (κ3) is 3.88. The van der Waals surface area contributed by atoms with Crippen molar-refractivity contribution >= 4 is 11.3 Å². The van der Waals surface area contributed by atoms with Crippen molar-refractivity contribution in [1.29, 1.82) is 0 Å². The summed E-state index contributed by atoms with van der Waals surface area (Å²) >= 11 is 1.86. The van der Waals surface area contributed by atoms with E-state index in [2.05, 4.69) is 49.5 Å². The van der Waals surface area contributed by atoms with E-state index in [1.165, 1.54) is 28.3 Å². The highest BCUT2D eigenvalue weighted by Crippen LogP contribution is 2.29. The van der Waals surface area contributed by atoms with Gasteiger partial charge in [0.05, 0.1) is 10.7 Å². The zero-order valence-corrected chi connectivity index (χ0v) is 12.6. The molecule has 0 radical (unpaired) electrons. The molecule has 0 bridgehead atoms. The summed E-state index contributed by atoms with van der Waals surface area (Å²) in [6.07, 6.45) is 3.55. The third-order valence-electron chi connectivity index (χ3n) is 3.07. The summed E-state index contributed by atoms with van der Waals surface area (Å²) in [6.45, 7) is 6.29. The molecule has 0 aliphatic heterocycles. The first kappa shape index (κ1) is 14.2. The molecule has 0 unspecified atom stereocenters. The van der Waals surface area contributed by atoms with E-state index in [4.69, 9.17) is 4.98 Å². The average Bonchev–Trinajstić information content (AvgIpc) is 2.87. The molecule has 2 nitrogen and oxygen atoms in total. The Labute approximate surface area is 119 Å². The van der Waals surface area contributed by atoms with Gasteiger partial charge in [0, 0.05) is 17.0 Å². The Hall–Kier alpha value is -1.19. The van der Waals surface area contributed by atoms with Gasteiger partial charge in [0.1, 0.15) is 0 Å². The lowest BCUT2D eigenvalue weighted by molar-refractivity contribution is 0.735. The van der Waals surface area contributed by atoms with Crippen molar-refractivity contribution in [1.82, 2.24) is 10.3 Å². The van der Waals surface area contributed by atoms with Gasteiger partial charge in [0.2, 0.25) is 0 Å². The second-order valence-corrected chi connectivity index (χ2v) is 5.80. The molecule has 0 saturated carbocycles. The largest absolute Gasteiger partial charge is 0.312 e. The van der Waals surface area contributed by atoms with E-state index < -0.39 is 0 Å². The molecule has 2 rings (SSSR count). The molecule has 1 heterocycles. The van der Waals surface area contributed by atoms with E-state index in [9.17, 15) is 0 Å². The van der Waals surface area contributed by atoms with Gasteiger partial charge in [0.15, 0.2) is 0 Å². The van der Waals surface area contributed by atoms with Crippen LogP contribution in [-0.2, 0) is 13.0 Å². The molecule has 1 N–H and O–H groups in total. The monoisotopic (exact) mass is 274 g/mol. The summed E-state index contributed by atoms with van der Waals surface area (Å²) in [6, 6.07) is 10.5. The Morgan fingerprint density at radius 3 is 2.63 bits per heavy atom. The SMILES string of the molecule is CCCCc1nc(-c2ccccc2)c(CNCC)s1. The van der Waals surface area contributed by atoms with Crippen LogP contribution in [0.4, 0.5) is 0 Å². The molecule has 1 aromatic carbocycles. The lowest BCUT2D eigenvalue weighted by Crippen LogP contribution is -2.11.